The van der Waals surface area contributed by atoms with Crippen LogP contribution in [0.25, 0.3) is 11.0 Å². The van der Waals surface area contributed by atoms with Gasteiger partial charge in [-0.1, -0.05) is 23.9 Å². The second-order valence-electron chi connectivity index (χ2n) is 6.04. The van der Waals surface area contributed by atoms with E-state index in [9.17, 15) is 4.79 Å². The third kappa shape index (κ3) is 4.96. The molecule has 0 unspecified atom stereocenters. The lowest BCUT2D eigenvalue weighted by Crippen LogP contribution is -2.28. The quantitative estimate of drug-likeness (QED) is 0.294. The zero-order valence-corrected chi connectivity index (χ0v) is 17.5. The Hall–Kier alpha value is -2.85. The van der Waals surface area contributed by atoms with E-state index in [0.29, 0.717) is 42.7 Å². The summed E-state index contributed by atoms with van der Waals surface area (Å²) in [5.41, 5.74) is 1.22. The van der Waals surface area contributed by atoms with Gasteiger partial charge in [-0.3, -0.25) is 4.79 Å². The molecule has 0 atom stereocenters. The van der Waals surface area contributed by atoms with Gasteiger partial charge in [-0.15, -0.1) is 0 Å². The topological polar surface area (TPSA) is 103 Å². The summed E-state index contributed by atoms with van der Waals surface area (Å²) < 4.78 is 12.1. The summed E-state index contributed by atoms with van der Waals surface area (Å²) >= 11 is 1.46. The second kappa shape index (κ2) is 10.1. The first-order valence-corrected chi connectivity index (χ1v) is 10.3. The predicted molar refractivity (Wildman–Crippen MR) is 113 cm³/mol. The molecule has 0 radical (unpaired) electrons. The van der Waals surface area contributed by atoms with Crippen LogP contribution in [-0.4, -0.2) is 65.8 Å². The zero-order valence-electron chi connectivity index (χ0n) is 16.6. The first-order valence-electron chi connectivity index (χ1n) is 9.09. The van der Waals surface area contributed by atoms with Gasteiger partial charge in [0.15, 0.2) is 10.8 Å². The predicted octanol–water partition coefficient (Wildman–Crippen LogP) is 2.05. The Morgan fingerprint density at radius 1 is 1.21 bits per heavy atom. The highest BCUT2D eigenvalue weighted by atomic mass is 32.2. The molecule has 29 heavy (non-hydrogen) atoms. The van der Waals surface area contributed by atoms with E-state index < -0.39 is 0 Å². The van der Waals surface area contributed by atoms with Crippen molar-refractivity contribution < 1.29 is 14.3 Å². The molecular weight excluding hydrogens is 392 g/mol. The minimum absolute atomic E-state index is 0.194. The van der Waals surface area contributed by atoms with E-state index in [-0.39, 0.29) is 5.91 Å². The molecule has 10 heteroatoms. The summed E-state index contributed by atoms with van der Waals surface area (Å²) in [5.74, 6) is 1.07. The molecule has 1 aromatic carbocycles. The van der Waals surface area contributed by atoms with Crippen molar-refractivity contribution in [2.24, 2.45) is 0 Å². The number of ether oxygens (including phenoxy) is 2. The van der Waals surface area contributed by atoms with E-state index in [0.717, 1.165) is 16.9 Å². The van der Waals surface area contributed by atoms with Crippen molar-refractivity contribution in [2.45, 2.75) is 11.7 Å². The number of fused-ring (bicyclic) bond motifs is 1. The highest BCUT2D eigenvalue weighted by Gasteiger charge is 2.14. The fourth-order valence-corrected chi connectivity index (χ4v) is 3.16. The maximum Gasteiger partial charge on any atom is 0.255 e. The number of aromatic nitrogens is 4. The first kappa shape index (κ1) is 20.9. The number of benzene rings is 1. The monoisotopic (exact) mass is 416 g/mol. The second-order valence-corrected chi connectivity index (χ2v) is 6.81. The highest BCUT2D eigenvalue weighted by molar-refractivity contribution is 7.98. The molecule has 2 N–H and O–H groups in total. The molecule has 1 amide bonds. The molecule has 3 aromatic rings. The van der Waals surface area contributed by atoms with Crippen LogP contribution < -0.4 is 15.4 Å². The van der Waals surface area contributed by atoms with E-state index in [1.54, 1.807) is 43.3 Å². The number of nitrogens with one attached hydrogen (secondary N) is 2. The molecule has 0 aliphatic carbocycles. The molecule has 0 saturated heterocycles. The SMILES string of the molecule is COCCNc1nc(SC)nc2c1cnn2CCNC(=O)c1ccccc1OC. The van der Waals surface area contributed by atoms with E-state index in [1.165, 1.54) is 11.8 Å². The van der Waals surface area contributed by atoms with Crippen molar-refractivity contribution >= 4 is 34.5 Å². The number of para-hydroxylation sites is 1. The Balaban J connectivity index is 1.71. The van der Waals surface area contributed by atoms with Gasteiger partial charge in [0.1, 0.15) is 11.6 Å². The molecule has 0 saturated carbocycles. The van der Waals surface area contributed by atoms with Crippen molar-refractivity contribution in [1.29, 1.82) is 0 Å². The Morgan fingerprint density at radius 2 is 2.03 bits per heavy atom. The Kier molecular flexibility index (Phi) is 7.25. The number of rotatable bonds is 10. The lowest BCUT2D eigenvalue weighted by molar-refractivity contribution is 0.0949. The summed E-state index contributed by atoms with van der Waals surface area (Å²) in [7, 11) is 3.20. The van der Waals surface area contributed by atoms with Crippen LogP contribution in [-0.2, 0) is 11.3 Å². The minimum atomic E-state index is -0.194. The number of hydrogen-bond acceptors (Lipinski definition) is 8. The standard InChI is InChI=1S/C19H24N6O3S/c1-27-11-9-20-16-14-12-22-25(17(14)24-19(23-16)29-3)10-8-21-18(26)13-6-4-5-7-15(13)28-2/h4-7,12H,8-11H2,1-3H3,(H,21,26)(H,20,23,24). The molecule has 0 bridgehead atoms. The summed E-state index contributed by atoms with van der Waals surface area (Å²) in [6, 6.07) is 7.12. The van der Waals surface area contributed by atoms with E-state index in [2.05, 4.69) is 25.7 Å². The third-order valence-corrected chi connectivity index (χ3v) is 4.77. The summed E-state index contributed by atoms with van der Waals surface area (Å²) in [5, 5.41) is 12.1. The number of nitrogens with zero attached hydrogens (tertiary/aromatic N) is 4. The summed E-state index contributed by atoms with van der Waals surface area (Å²) in [6.45, 7) is 2.09. The largest absolute Gasteiger partial charge is 0.496 e. The molecule has 2 aromatic heterocycles. The van der Waals surface area contributed by atoms with E-state index >= 15 is 0 Å². The number of thioether (sulfide) groups is 1. The van der Waals surface area contributed by atoms with Crippen LogP contribution in [0.4, 0.5) is 5.82 Å². The van der Waals surface area contributed by atoms with Crippen molar-refractivity contribution in [3.8, 4) is 5.75 Å². The Labute approximate surface area is 173 Å². The molecule has 9 nitrogen and oxygen atoms in total. The average molecular weight is 417 g/mol. The van der Waals surface area contributed by atoms with Crippen LogP contribution in [0.5, 0.6) is 5.75 Å². The van der Waals surface area contributed by atoms with Crippen molar-refractivity contribution in [3.63, 3.8) is 0 Å². The smallest absolute Gasteiger partial charge is 0.255 e. The maximum absolute atomic E-state index is 12.4. The van der Waals surface area contributed by atoms with Crippen molar-refractivity contribution in [2.75, 3.05) is 45.5 Å². The molecule has 0 aliphatic heterocycles. The fraction of sp³-hybridized carbons (Fsp3) is 0.368. The van der Waals surface area contributed by atoms with Crippen molar-refractivity contribution in [3.05, 3.63) is 36.0 Å². The molecule has 154 valence electrons. The van der Waals surface area contributed by atoms with Gasteiger partial charge in [0.2, 0.25) is 0 Å². The summed E-state index contributed by atoms with van der Waals surface area (Å²) in [6.07, 6.45) is 3.66. The molecule has 2 heterocycles. The molecule has 0 fully saturated rings. The van der Waals surface area contributed by atoms with Gasteiger partial charge < -0.3 is 20.1 Å². The minimum Gasteiger partial charge on any atom is -0.496 e. The number of anilines is 1. The maximum atomic E-state index is 12.4. The lowest BCUT2D eigenvalue weighted by atomic mass is 10.2. The first-order chi connectivity index (χ1) is 14.2. The van der Waals surface area contributed by atoms with Gasteiger partial charge in [0.05, 0.1) is 37.4 Å². The number of hydrogen-bond donors (Lipinski definition) is 2. The zero-order chi connectivity index (χ0) is 20.6. The van der Waals surface area contributed by atoms with E-state index in [4.69, 9.17) is 9.47 Å². The molecule has 0 aliphatic rings. The van der Waals surface area contributed by atoms with Gasteiger partial charge in [0, 0.05) is 20.2 Å². The number of amides is 1. The number of carbonyl (C=O) groups is 1. The van der Waals surface area contributed by atoms with Gasteiger partial charge in [-0.2, -0.15) is 5.10 Å². The number of methoxy groups -OCH3 is 2. The normalized spacial score (nSPS) is 10.9. The molecule has 0 spiro atoms. The van der Waals surface area contributed by atoms with E-state index in [1.807, 2.05) is 12.3 Å². The summed E-state index contributed by atoms with van der Waals surface area (Å²) in [4.78, 5) is 21.5. The van der Waals surface area contributed by atoms with Crippen LogP contribution in [0.15, 0.2) is 35.6 Å². The van der Waals surface area contributed by atoms with Gasteiger partial charge in [-0.05, 0) is 18.4 Å². The van der Waals surface area contributed by atoms with Crippen molar-refractivity contribution in [1.82, 2.24) is 25.1 Å². The van der Waals surface area contributed by atoms with Crippen LogP contribution in [0.1, 0.15) is 10.4 Å². The van der Waals surface area contributed by atoms with Crippen LogP contribution >= 0.6 is 11.8 Å². The Bertz CT molecular complexity index is 978. The van der Waals surface area contributed by atoms with Gasteiger partial charge in [-0.25, -0.2) is 14.6 Å². The van der Waals surface area contributed by atoms with Gasteiger partial charge in [0.25, 0.3) is 5.91 Å². The van der Waals surface area contributed by atoms with Crippen LogP contribution in [0.3, 0.4) is 0 Å². The van der Waals surface area contributed by atoms with Crippen LogP contribution in [0.2, 0.25) is 0 Å². The Morgan fingerprint density at radius 3 is 2.79 bits per heavy atom. The fourth-order valence-electron chi connectivity index (χ4n) is 2.80. The number of carbonyl (C=O) groups excluding carboxylic acids is 1. The highest BCUT2D eigenvalue weighted by Crippen LogP contribution is 2.23. The molecular formula is C19H24N6O3S. The van der Waals surface area contributed by atoms with Crippen LogP contribution in [0, 0.1) is 0 Å². The third-order valence-electron chi connectivity index (χ3n) is 4.22. The lowest BCUT2D eigenvalue weighted by Gasteiger charge is -2.10. The molecule has 3 rings (SSSR count). The van der Waals surface area contributed by atoms with Gasteiger partial charge >= 0.3 is 0 Å². The average Bonchev–Trinajstić information content (AvgIpc) is 3.16.